The van der Waals surface area contributed by atoms with E-state index in [-0.39, 0.29) is 32.0 Å². The maximum Gasteiger partial charge on any atom is 0.416 e. The fraction of sp³-hybridized carbons (Fsp3) is 0.409. The maximum atomic E-state index is 13.1. The van der Waals surface area contributed by atoms with Gasteiger partial charge in [0.2, 0.25) is 0 Å². The van der Waals surface area contributed by atoms with Gasteiger partial charge in [-0.2, -0.15) is 26.3 Å². The second kappa shape index (κ2) is 8.65. The van der Waals surface area contributed by atoms with Crippen LogP contribution in [0.15, 0.2) is 42.5 Å². The number of anilines is 1. The normalized spacial score (nSPS) is 16.8. The Balaban J connectivity index is 1.71. The van der Waals surface area contributed by atoms with Crippen molar-refractivity contribution in [3.8, 4) is 0 Å². The molecule has 10 heteroatoms. The third kappa shape index (κ3) is 5.53. The van der Waals surface area contributed by atoms with E-state index in [4.69, 9.17) is 5.73 Å². The van der Waals surface area contributed by atoms with Crippen LogP contribution in [0.5, 0.6) is 0 Å². The number of benzene rings is 2. The smallest absolute Gasteiger partial charge is 0.399 e. The average molecular weight is 460 g/mol. The van der Waals surface area contributed by atoms with Gasteiger partial charge in [0.25, 0.3) is 5.91 Å². The standard InChI is InChI=1S/C22H22F6N2O2/c23-21(24,25)16-11-15(12-17(13-16)22(26,27)28)19(31)30-9-7-20(32,8-10-30)6-5-14-3-1-2-4-18(14)29/h1-4,11-13,32H,5-10,29H2. The second-order valence-corrected chi connectivity index (χ2v) is 8.01. The highest BCUT2D eigenvalue weighted by Gasteiger charge is 2.39. The molecule has 4 nitrogen and oxygen atoms in total. The summed E-state index contributed by atoms with van der Waals surface area (Å²) in [6.45, 7) is 0.0222. The number of amides is 1. The van der Waals surface area contributed by atoms with Crippen LogP contribution in [0.2, 0.25) is 0 Å². The van der Waals surface area contributed by atoms with Crippen molar-refractivity contribution in [1.29, 1.82) is 0 Å². The number of nitrogen functional groups attached to an aromatic ring is 1. The summed E-state index contributed by atoms with van der Waals surface area (Å²) in [5.74, 6) is -0.934. The van der Waals surface area contributed by atoms with Crippen LogP contribution in [-0.4, -0.2) is 34.6 Å². The number of rotatable bonds is 4. The van der Waals surface area contributed by atoms with E-state index in [2.05, 4.69) is 0 Å². The van der Waals surface area contributed by atoms with E-state index in [1.54, 1.807) is 12.1 Å². The number of nitrogens with two attached hydrogens (primary N) is 1. The molecule has 3 N–H and O–H groups in total. The van der Waals surface area contributed by atoms with Crippen LogP contribution in [0.4, 0.5) is 32.0 Å². The molecule has 2 aromatic carbocycles. The van der Waals surface area contributed by atoms with Gasteiger partial charge >= 0.3 is 12.4 Å². The van der Waals surface area contributed by atoms with Gasteiger partial charge in [0.1, 0.15) is 0 Å². The topological polar surface area (TPSA) is 66.6 Å². The minimum absolute atomic E-state index is 0.0111. The van der Waals surface area contributed by atoms with Crippen LogP contribution in [-0.2, 0) is 18.8 Å². The number of halogens is 6. The van der Waals surface area contributed by atoms with Gasteiger partial charge in [0.05, 0.1) is 16.7 Å². The van der Waals surface area contributed by atoms with Gasteiger partial charge in [0.15, 0.2) is 0 Å². The van der Waals surface area contributed by atoms with E-state index in [9.17, 15) is 36.2 Å². The Morgan fingerprint density at radius 1 is 0.969 bits per heavy atom. The Bertz CT molecular complexity index is 947. The summed E-state index contributed by atoms with van der Waals surface area (Å²) in [4.78, 5) is 13.9. The van der Waals surface area contributed by atoms with Crippen molar-refractivity contribution >= 4 is 11.6 Å². The van der Waals surface area contributed by atoms with Gasteiger partial charge in [-0.3, -0.25) is 4.79 Å². The molecule has 32 heavy (non-hydrogen) atoms. The maximum absolute atomic E-state index is 13.1. The van der Waals surface area contributed by atoms with E-state index >= 15 is 0 Å². The van der Waals surface area contributed by atoms with Crippen LogP contribution in [0.3, 0.4) is 0 Å². The number of nitrogens with zero attached hydrogens (tertiary/aromatic N) is 1. The van der Waals surface area contributed by atoms with Crippen LogP contribution < -0.4 is 5.73 Å². The molecule has 174 valence electrons. The molecule has 0 spiro atoms. The summed E-state index contributed by atoms with van der Waals surface area (Å²) in [6.07, 6.45) is -8.90. The SMILES string of the molecule is Nc1ccccc1CCC1(O)CCN(C(=O)c2cc(C(F)(F)F)cc(C(F)(F)F)c2)CC1. The monoisotopic (exact) mass is 460 g/mol. The fourth-order valence-corrected chi connectivity index (χ4v) is 3.77. The number of aryl methyl sites for hydroxylation is 1. The van der Waals surface area contributed by atoms with Crippen LogP contribution in [0.25, 0.3) is 0 Å². The zero-order valence-corrected chi connectivity index (χ0v) is 16.9. The number of carbonyl (C=O) groups excluding carboxylic acids is 1. The first-order chi connectivity index (χ1) is 14.8. The summed E-state index contributed by atoms with van der Waals surface area (Å²) in [5, 5.41) is 10.8. The molecule has 1 amide bonds. The number of likely N-dealkylation sites (tertiary alicyclic amines) is 1. The van der Waals surface area contributed by atoms with E-state index < -0.39 is 40.6 Å². The van der Waals surface area contributed by atoms with E-state index in [0.29, 0.717) is 30.7 Å². The average Bonchev–Trinajstić information content (AvgIpc) is 2.72. The van der Waals surface area contributed by atoms with Crippen molar-refractivity contribution in [1.82, 2.24) is 4.90 Å². The Morgan fingerprint density at radius 2 is 1.50 bits per heavy atom. The second-order valence-electron chi connectivity index (χ2n) is 8.01. The summed E-state index contributed by atoms with van der Waals surface area (Å²) in [5.41, 5.74) is 2.48. The van der Waals surface area contributed by atoms with Gasteiger partial charge in [-0.15, -0.1) is 0 Å². The van der Waals surface area contributed by atoms with E-state index in [1.807, 2.05) is 12.1 Å². The molecule has 0 aromatic heterocycles. The number of piperidine rings is 1. The predicted molar refractivity (Wildman–Crippen MR) is 106 cm³/mol. The highest BCUT2D eigenvalue weighted by atomic mass is 19.4. The van der Waals surface area contributed by atoms with Crippen molar-refractivity contribution in [3.05, 3.63) is 64.7 Å². The highest BCUT2D eigenvalue weighted by Crippen LogP contribution is 2.37. The first kappa shape index (κ1) is 23.9. The fourth-order valence-electron chi connectivity index (χ4n) is 3.77. The number of hydrogen-bond acceptors (Lipinski definition) is 3. The number of para-hydroxylation sites is 1. The molecule has 0 aliphatic carbocycles. The predicted octanol–water partition coefficient (Wildman–Crippen LogP) is 4.91. The highest BCUT2D eigenvalue weighted by molar-refractivity contribution is 5.94. The third-order valence-electron chi connectivity index (χ3n) is 5.73. The quantitative estimate of drug-likeness (QED) is 0.504. The van der Waals surface area contributed by atoms with Crippen LogP contribution in [0.1, 0.15) is 46.3 Å². The number of carbonyl (C=O) groups is 1. The molecule has 1 aliphatic rings. The lowest BCUT2D eigenvalue weighted by atomic mass is 9.85. The van der Waals surface area contributed by atoms with Crippen molar-refractivity contribution in [2.75, 3.05) is 18.8 Å². The van der Waals surface area contributed by atoms with Gasteiger partial charge in [-0.25, -0.2) is 0 Å². The molecule has 1 heterocycles. The third-order valence-corrected chi connectivity index (χ3v) is 5.73. The Morgan fingerprint density at radius 3 is 2.00 bits per heavy atom. The molecule has 0 bridgehead atoms. The largest absolute Gasteiger partial charge is 0.416 e. The first-order valence-corrected chi connectivity index (χ1v) is 9.93. The molecular weight excluding hydrogens is 438 g/mol. The van der Waals surface area contributed by atoms with Crippen molar-refractivity contribution in [3.63, 3.8) is 0 Å². The summed E-state index contributed by atoms with van der Waals surface area (Å²) in [6, 6.07) is 8.03. The Kier molecular flexibility index (Phi) is 6.46. The molecule has 0 unspecified atom stereocenters. The minimum Gasteiger partial charge on any atom is -0.399 e. The molecule has 0 atom stereocenters. The molecule has 1 fully saturated rings. The molecule has 1 saturated heterocycles. The van der Waals surface area contributed by atoms with Gasteiger partial charge < -0.3 is 15.7 Å². The van der Waals surface area contributed by atoms with Crippen LogP contribution in [0, 0.1) is 0 Å². The van der Waals surface area contributed by atoms with Crippen molar-refractivity contribution in [2.45, 2.75) is 43.6 Å². The molecule has 1 aliphatic heterocycles. The summed E-state index contributed by atoms with van der Waals surface area (Å²) < 4.78 is 78.4. The molecule has 3 rings (SSSR count). The summed E-state index contributed by atoms with van der Waals surface area (Å²) >= 11 is 0. The van der Waals surface area contributed by atoms with Gasteiger partial charge in [-0.1, -0.05) is 18.2 Å². The molecule has 0 saturated carbocycles. The van der Waals surface area contributed by atoms with Gasteiger partial charge in [0, 0.05) is 24.3 Å². The Labute approximate surface area is 180 Å². The first-order valence-electron chi connectivity index (χ1n) is 9.93. The van der Waals surface area contributed by atoms with Crippen molar-refractivity contribution < 1.29 is 36.2 Å². The lowest BCUT2D eigenvalue weighted by molar-refractivity contribution is -0.143. The number of hydrogen-bond donors (Lipinski definition) is 2. The number of aliphatic hydroxyl groups is 1. The van der Waals surface area contributed by atoms with Crippen LogP contribution >= 0.6 is 0 Å². The van der Waals surface area contributed by atoms with Crippen molar-refractivity contribution in [2.24, 2.45) is 0 Å². The minimum atomic E-state index is -5.03. The number of alkyl halides is 6. The van der Waals surface area contributed by atoms with E-state index in [0.717, 1.165) is 5.56 Å². The Hall–Kier alpha value is -2.75. The van der Waals surface area contributed by atoms with E-state index in [1.165, 1.54) is 4.90 Å². The lowest BCUT2D eigenvalue weighted by Gasteiger charge is -2.38. The molecule has 2 aromatic rings. The zero-order chi connectivity index (χ0) is 23.7. The molecule has 0 radical (unpaired) electrons. The lowest BCUT2D eigenvalue weighted by Crippen LogP contribution is -2.47. The van der Waals surface area contributed by atoms with Gasteiger partial charge in [-0.05, 0) is 55.5 Å². The zero-order valence-electron chi connectivity index (χ0n) is 16.9. The summed E-state index contributed by atoms with van der Waals surface area (Å²) in [7, 11) is 0. The molecular formula is C22H22F6N2O2.